The first-order valence-corrected chi connectivity index (χ1v) is 3.32. The lowest BCUT2D eigenvalue weighted by molar-refractivity contribution is -0.384. The van der Waals surface area contributed by atoms with E-state index in [-0.39, 0.29) is 22.1 Å². The predicted octanol–water partition coefficient (Wildman–Crippen LogP) is 1.54. The molecule has 0 aromatic heterocycles. The zero-order chi connectivity index (χ0) is 9.30. The highest BCUT2D eigenvalue weighted by Gasteiger charge is 2.14. The van der Waals surface area contributed by atoms with Crippen molar-refractivity contribution in [3.05, 3.63) is 27.3 Å². The highest BCUT2D eigenvalue weighted by molar-refractivity contribution is 6.32. The summed E-state index contributed by atoms with van der Waals surface area (Å²) >= 11 is 5.44. The van der Waals surface area contributed by atoms with E-state index in [9.17, 15) is 10.1 Å². The molecule has 64 valence electrons. The molecule has 3 N–H and O–H groups in total. The molecule has 12 heavy (non-hydrogen) atoms. The van der Waals surface area contributed by atoms with Crippen molar-refractivity contribution in [2.24, 2.45) is 0 Å². The maximum absolute atomic E-state index is 10.3. The van der Waals surface area contributed by atoms with Crippen LogP contribution in [-0.2, 0) is 0 Å². The third-order valence-electron chi connectivity index (χ3n) is 1.29. The van der Waals surface area contributed by atoms with Gasteiger partial charge in [0, 0.05) is 12.1 Å². The van der Waals surface area contributed by atoms with E-state index < -0.39 is 4.92 Å². The molecular formula is C6H5ClN2O3. The van der Waals surface area contributed by atoms with Crippen molar-refractivity contribution in [3.63, 3.8) is 0 Å². The molecular weight excluding hydrogens is 184 g/mol. The number of benzene rings is 1. The number of nitrogen functional groups attached to an aromatic ring is 1. The Morgan fingerprint density at radius 3 is 2.67 bits per heavy atom. The average Bonchev–Trinajstić information content (AvgIpc) is 1.96. The number of nitro groups is 1. The summed E-state index contributed by atoms with van der Waals surface area (Å²) < 4.78 is 0. The van der Waals surface area contributed by atoms with Gasteiger partial charge in [-0.2, -0.15) is 0 Å². The van der Waals surface area contributed by atoms with E-state index in [0.29, 0.717) is 0 Å². The van der Waals surface area contributed by atoms with Gasteiger partial charge < -0.3 is 10.8 Å². The second kappa shape index (κ2) is 2.86. The molecule has 0 unspecified atom stereocenters. The Bertz CT molecular complexity index is 340. The van der Waals surface area contributed by atoms with Gasteiger partial charge in [0.15, 0.2) is 0 Å². The average molecular weight is 189 g/mol. The molecule has 0 spiro atoms. The number of phenolic OH excluding ortho intramolecular Hbond substituents is 1. The largest absolute Gasteiger partial charge is 0.506 e. The molecule has 0 amide bonds. The molecule has 1 aromatic carbocycles. The fourth-order valence-corrected chi connectivity index (χ4v) is 0.934. The molecule has 0 atom stereocenters. The van der Waals surface area contributed by atoms with Crippen molar-refractivity contribution >= 4 is 23.0 Å². The first-order chi connectivity index (χ1) is 5.52. The summed E-state index contributed by atoms with van der Waals surface area (Å²) in [7, 11) is 0. The third-order valence-corrected chi connectivity index (χ3v) is 1.60. The summed E-state index contributed by atoms with van der Waals surface area (Å²) in [5, 5.41) is 19.1. The van der Waals surface area contributed by atoms with Gasteiger partial charge in [-0.15, -0.1) is 0 Å². The second-order valence-corrected chi connectivity index (χ2v) is 2.53. The Morgan fingerprint density at radius 2 is 2.17 bits per heavy atom. The molecule has 5 nitrogen and oxygen atoms in total. The fraction of sp³-hybridized carbons (Fsp3) is 0. The van der Waals surface area contributed by atoms with Crippen molar-refractivity contribution < 1.29 is 10.0 Å². The fourth-order valence-electron chi connectivity index (χ4n) is 0.707. The Labute approximate surface area is 72.5 Å². The van der Waals surface area contributed by atoms with Crippen LogP contribution >= 0.6 is 11.6 Å². The van der Waals surface area contributed by atoms with Crippen molar-refractivity contribution in [1.82, 2.24) is 0 Å². The second-order valence-electron chi connectivity index (χ2n) is 2.12. The summed E-state index contributed by atoms with van der Waals surface area (Å²) in [6, 6.07) is 2.05. The first kappa shape index (κ1) is 8.61. The van der Waals surface area contributed by atoms with Crippen molar-refractivity contribution in [2.75, 3.05) is 5.73 Å². The molecule has 0 saturated carbocycles. The van der Waals surface area contributed by atoms with Gasteiger partial charge in [0.05, 0.1) is 10.6 Å². The molecule has 0 bridgehead atoms. The van der Waals surface area contributed by atoms with Gasteiger partial charge in [-0.1, -0.05) is 11.6 Å². The zero-order valence-electron chi connectivity index (χ0n) is 5.82. The van der Waals surface area contributed by atoms with Crippen LogP contribution in [0, 0.1) is 10.1 Å². The van der Waals surface area contributed by atoms with E-state index >= 15 is 0 Å². The molecule has 1 rings (SSSR count). The summed E-state index contributed by atoms with van der Waals surface area (Å²) in [6.07, 6.45) is 0. The van der Waals surface area contributed by atoms with Gasteiger partial charge in [0.25, 0.3) is 5.69 Å². The van der Waals surface area contributed by atoms with E-state index in [2.05, 4.69) is 0 Å². The van der Waals surface area contributed by atoms with Crippen LogP contribution < -0.4 is 5.73 Å². The van der Waals surface area contributed by atoms with Crippen molar-refractivity contribution in [1.29, 1.82) is 0 Å². The molecule has 0 aliphatic rings. The predicted molar refractivity (Wildman–Crippen MR) is 44.2 cm³/mol. The Morgan fingerprint density at radius 1 is 1.58 bits per heavy atom. The van der Waals surface area contributed by atoms with E-state index in [1.165, 1.54) is 0 Å². The molecule has 1 aromatic rings. The standard InChI is InChI=1S/C6H5ClN2O3/c7-3-1-6(10)4(8)2-5(3)9(11)12/h1-2,10H,8H2. The van der Waals surface area contributed by atoms with Crippen LogP contribution in [-0.4, -0.2) is 10.0 Å². The number of phenols is 1. The highest BCUT2D eigenvalue weighted by atomic mass is 35.5. The molecule has 0 radical (unpaired) electrons. The summed E-state index contributed by atoms with van der Waals surface area (Å²) in [5.74, 6) is -0.259. The number of rotatable bonds is 1. The number of hydrogen-bond donors (Lipinski definition) is 2. The Kier molecular flexibility index (Phi) is 2.05. The minimum Gasteiger partial charge on any atom is -0.506 e. The van der Waals surface area contributed by atoms with E-state index in [1.807, 2.05) is 0 Å². The minimum absolute atomic E-state index is 0.0638. The SMILES string of the molecule is Nc1cc([N+](=O)[O-])c(Cl)cc1O. The minimum atomic E-state index is -0.669. The molecule has 0 aliphatic carbocycles. The van der Waals surface area contributed by atoms with Gasteiger partial charge in [-0.25, -0.2) is 0 Å². The normalized spacial score (nSPS) is 9.75. The van der Waals surface area contributed by atoms with E-state index in [1.54, 1.807) is 0 Å². The van der Waals surface area contributed by atoms with Crippen molar-refractivity contribution in [2.45, 2.75) is 0 Å². The molecule has 0 heterocycles. The van der Waals surface area contributed by atoms with Gasteiger partial charge in [-0.05, 0) is 0 Å². The van der Waals surface area contributed by atoms with E-state index in [0.717, 1.165) is 12.1 Å². The monoisotopic (exact) mass is 188 g/mol. The first-order valence-electron chi connectivity index (χ1n) is 2.94. The van der Waals surface area contributed by atoms with Crippen LogP contribution in [0.25, 0.3) is 0 Å². The van der Waals surface area contributed by atoms with Crippen LogP contribution in [0.4, 0.5) is 11.4 Å². The van der Waals surface area contributed by atoms with Crippen LogP contribution in [0.1, 0.15) is 0 Å². The van der Waals surface area contributed by atoms with Crippen LogP contribution in [0.15, 0.2) is 12.1 Å². The van der Waals surface area contributed by atoms with Gasteiger partial charge in [0.2, 0.25) is 0 Å². The van der Waals surface area contributed by atoms with Gasteiger partial charge >= 0.3 is 0 Å². The Balaban J connectivity index is 3.33. The van der Waals surface area contributed by atoms with Crippen LogP contribution in [0.5, 0.6) is 5.75 Å². The maximum atomic E-state index is 10.3. The summed E-state index contributed by atoms with van der Waals surface area (Å²) in [5.41, 5.74) is 4.84. The number of nitro benzene ring substituents is 1. The lowest BCUT2D eigenvalue weighted by atomic mass is 10.2. The topological polar surface area (TPSA) is 89.4 Å². The number of hydrogen-bond acceptors (Lipinski definition) is 4. The highest BCUT2D eigenvalue weighted by Crippen LogP contribution is 2.32. The smallest absolute Gasteiger partial charge is 0.290 e. The number of halogens is 1. The maximum Gasteiger partial charge on any atom is 0.290 e. The number of anilines is 1. The van der Waals surface area contributed by atoms with Crippen LogP contribution in [0.3, 0.4) is 0 Å². The molecule has 0 saturated heterocycles. The van der Waals surface area contributed by atoms with Gasteiger partial charge in [0.1, 0.15) is 10.8 Å². The molecule has 0 aliphatic heterocycles. The number of nitrogens with zero attached hydrogens (tertiary/aromatic N) is 1. The Hall–Kier alpha value is -1.49. The zero-order valence-corrected chi connectivity index (χ0v) is 6.58. The lowest BCUT2D eigenvalue weighted by Crippen LogP contribution is -1.92. The molecule has 6 heteroatoms. The molecule has 0 fully saturated rings. The quantitative estimate of drug-likeness (QED) is 0.303. The van der Waals surface area contributed by atoms with E-state index in [4.69, 9.17) is 22.4 Å². The third kappa shape index (κ3) is 1.40. The van der Waals surface area contributed by atoms with Crippen molar-refractivity contribution in [3.8, 4) is 5.75 Å². The number of nitrogens with two attached hydrogens (primary N) is 1. The van der Waals surface area contributed by atoms with Crippen LogP contribution in [0.2, 0.25) is 5.02 Å². The summed E-state index contributed by atoms with van der Waals surface area (Å²) in [4.78, 5) is 9.60. The number of aromatic hydroxyl groups is 1. The lowest BCUT2D eigenvalue weighted by Gasteiger charge is -1.99. The van der Waals surface area contributed by atoms with Gasteiger partial charge in [-0.3, -0.25) is 10.1 Å². The summed E-state index contributed by atoms with van der Waals surface area (Å²) in [6.45, 7) is 0.